The summed E-state index contributed by atoms with van der Waals surface area (Å²) in [7, 11) is 0. The van der Waals surface area contributed by atoms with Gasteiger partial charge < -0.3 is 14.8 Å². The number of hydrogen-bond acceptors (Lipinski definition) is 4. The van der Waals surface area contributed by atoms with E-state index in [4.69, 9.17) is 4.74 Å². The van der Waals surface area contributed by atoms with Gasteiger partial charge in [-0.1, -0.05) is 30.2 Å². The SMILES string of the molecule is C\C=C/C(=C\C(C)=C(\C)CC)c1cnc(-c2ccc(-c3ccc(OCC(C)(C)C(=O)O)cc3)nc2)[nH]1. The summed E-state index contributed by atoms with van der Waals surface area (Å²) in [5.41, 5.74) is 6.38. The van der Waals surface area contributed by atoms with Gasteiger partial charge >= 0.3 is 5.97 Å². The van der Waals surface area contributed by atoms with Crippen LogP contribution in [-0.2, 0) is 4.79 Å². The van der Waals surface area contributed by atoms with E-state index in [9.17, 15) is 9.90 Å². The van der Waals surface area contributed by atoms with Crippen LogP contribution in [0.1, 0.15) is 53.7 Å². The molecule has 0 aliphatic heterocycles. The molecule has 3 aromatic rings. The Balaban J connectivity index is 1.75. The number of aliphatic carboxylic acids is 1. The number of carboxylic acid groups (broad SMARTS) is 1. The van der Waals surface area contributed by atoms with Gasteiger partial charge in [0.1, 0.15) is 18.2 Å². The lowest BCUT2D eigenvalue weighted by molar-refractivity contribution is -0.148. The van der Waals surface area contributed by atoms with Crippen LogP contribution in [-0.4, -0.2) is 32.6 Å². The van der Waals surface area contributed by atoms with Crippen molar-refractivity contribution < 1.29 is 14.6 Å². The number of pyridine rings is 1. The standard InChI is InChI=1S/C30H35N3O3/c1-7-9-23(16-21(4)20(3)8-2)27-18-32-28(33-27)24-12-15-26(31-17-24)22-10-13-25(14-11-22)36-19-30(5,6)29(34)35/h7,9-18H,8,19H2,1-6H3,(H,32,33)(H,34,35)/b9-7-,21-20-,23-16+. The Morgan fingerprint density at radius 1 is 1.06 bits per heavy atom. The maximum atomic E-state index is 11.3. The third-order valence-electron chi connectivity index (χ3n) is 6.17. The summed E-state index contributed by atoms with van der Waals surface area (Å²) < 4.78 is 5.66. The Morgan fingerprint density at radius 3 is 2.33 bits per heavy atom. The quantitative estimate of drug-likeness (QED) is 0.293. The molecule has 2 aromatic heterocycles. The first-order valence-electron chi connectivity index (χ1n) is 12.1. The summed E-state index contributed by atoms with van der Waals surface area (Å²) in [4.78, 5) is 23.9. The van der Waals surface area contributed by atoms with Crippen LogP contribution in [0.15, 0.2) is 78.2 Å². The highest BCUT2D eigenvalue weighted by atomic mass is 16.5. The molecule has 0 fully saturated rings. The predicted molar refractivity (Wildman–Crippen MR) is 146 cm³/mol. The minimum absolute atomic E-state index is 0.0960. The highest BCUT2D eigenvalue weighted by molar-refractivity contribution is 5.75. The van der Waals surface area contributed by atoms with Crippen molar-refractivity contribution in [3.05, 3.63) is 83.9 Å². The van der Waals surface area contributed by atoms with E-state index in [1.54, 1.807) is 13.8 Å². The average molecular weight is 486 g/mol. The van der Waals surface area contributed by atoms with Crippen molar-refractivity contribution in [2.45, 2.75) is 48.0 Å². The molecular weight excluding hydrogens is 450 g/mol. The molecule has 2 heterocycles. The lowest BCUT2D eigenvalue weighted by Crippen LogP contribution is -2.30. The first-order chi connectivity index (χ1) is 17.1. The largest absolute Gasteiger partial charge is 0.492 e. The molecule has 188 valence electrons. The maximum Gasteiger partial charge on any atom is 0.312 e. The van der Waals surface area contributed by atoms with Crippen molar-refractivity contribution in [1.29, 1.82) is 0 Å². The number of rotatable bonds is 10. The summed E-state index contributed by atoms with van der Waals surface area (Å²) in [6.07, 6.45) is 11.0. The number of benzene rings is 1. The number of aromatic amines is 1. The Hall–Kier alpha value is -3.93. The van der Waals surface area contributed by atoms with Gasteiger partial charge in [0.2, 0.25) is 0 Å². The van der Waals surface area contributed by atoms with E-state index in [0.717, 1.165) is 40.3 Å². The zero-order chi connectivity index (χ0) is 26.3. The average Bonchev–Trinajstić information content (AvgIpc) is 3.37. The molecule has 0 aliphatic rings. The molecule has 3 rings (SSSR count). The molecule has 2 N–H and O–H groups in total. The molecule has 0 radical (unpaired) electrons. The second-order valence-electron chi connectivity index (χ2n) is 9.50. The van der Waals surface area contributed by atoms with Crippen LogP contribution in [0.5, 0.6) is 5.75 Å². The van der Waals surface area contributed by atoms with Crippen molar-refractivity contribution in [2.24, 2.45) is 5.41 Å². The summed E-state index contributed by atoms with van der Waals surface area (Å²) in [6.45, 7) is 11.8. The highest BCUT2D eigenvalue weighted by Gasteiger charge is 2.28. The molecule has 0 saturated carbocycles. The van der Waals surface area contributed by atoms with Crippen molar-refractivity contribution in [3.63, 3.8) is 0 Å². The lowest BCUT2D eigenvalue weighted by atomic mass is 9.95. The van der Waals surface area contributed by atoms with Crippen molar-refractivity contribution in [1.82, 2.24) is 15.0 Å². The van der Waals surface area contributed by atoms with E-state index in [0.29, 0.717) is 5.75 Å². The van der Waals surface area contributed by atoms with Gasteiger partial charge in [-0.15, -0.1) is 0 Å². The molecule has 1 aromatic carbocycles. The van der Waals surface area contributed by atoms with Gasteiger partial charge in [-0.2, -0.15) is 0 Å². The second-order valence-corrected chi connectivity index (χ2v) is 9.50. The van der Waals surface area contributed by atoms with Crippen LogP contribution >= 0.6 is 0 Å². The van der Waals surface area contributed by atoms with Crippen LogP contribution in [0.4, 0.5) is 0 Å². The van der Waals surface area contributed by atoms with Gasteiger partial charge in [0.05, 0.1) is 23.0 Å². The van der Waals surface area contributed by atoms with Gasteiger partial charge in [-0.25, -0.2) is 4.98 Å². The number of nitrogens with one attached hydrogen (secondary N) is 1. The number of ether oxygens (including phenoxy) is 1. The van der Waals surface area contributed by atoms with Gasteiger partial charge in [0.25, 0.3) is 0 Å². The zero-order valence-electron chi connectivity index (χ0n) is 21.9. The monoisotopic (exact) mass is 485 g/mol. The minimum Gasteiger partial charge on any atom is -0.492 e. The van der Waals surface area contributed by atoms with E-state index >= 15 is 0 Å². The maximum absolute atomic E-state index is 11.3. The van der Waals surface area contributed by atoms with Gasteiger partial charge in [0, 0.05) is 17.3 Å². The van der Waals surface area contributed by atoms with E-state index in [1.807, 2.05) is 61.8 Å². The Morgan fingerprint density at radius 2 is 1.75 bits per heavy atom. The number of nitrogens with zero attached hydrogens (tertiary/aromatic N) is 2. The van der Waals surface area contributed by atoms with E-state index in [1.165, 1.54) is 11.1 Å². The lowest BCUT2D eigenvalue weighted by Gasteiger charge is -2.19. The van der Waals surface area contributed by atoms with Gasteiger partial charge in [-0.3, -0.25) is 9.78 Å². The Bertz CT molecular complexity index is 1280. The fraction of sp³-hybridized carbons (Fsp3) is 0.300. The molecule has 36 heavy (non-hydrogen) atoms. The van der Waals surface area contributed by atoms with Crippen LogP contribution in [0.2, 0.25) is 0 Å². The number of imidazole rings is 1. The first-order valence-corrected chi connectivity index (χ1v) is 12.1. The summed E-state index contributed by atoms with van der Waals surface area (Å²) in [5, 5.41) is 9.23. The highest BCUT2D eigenvalue weighted by Crippen LogP contribution is 2.26. The molecule has 0 amide bonds. The number of H-pyrrole nitrogens is 1. The fourth-order valence-electron chi connectivity index (χ4n) is 3.40. The molecular formula is C30H35N3O3. The van der Waals surface area contributed by atoms with Crippen molar-refractivity contribution in [3.8, 4) is 28.4 Å². The Labute approximate surface area is 213 Å². The topological polar surface area (TPSA) is 88.1 Å². The van der Waals surface area contributed by atoms with Crippen LogP contribution in [0, 0.1) is 5.41 Å². The van der Waals surface area contributed by atoms with E-state index < -0.39 is 11.4 Å². The number of carboxylic acids is 1. The second kappa shape index (κ2) is 11.7. The molecule has 6 heteroatoms. The van der Waals surface area contributed by atoms with Crippen LogP contribution in [0.25, 0.3) is 28.2 Å². The van der Waals surface area contributed by atoms with Crippen molar-refractivity contribution >= 4 is 11.5 Å². The Kier molecular flexibility index (Phi) is 8.64. The normalized spacial score (nSPS) is 13.1. The number of aromatic nitrogens is 3. The molecule has 0 bridgehead atoms. The van der Waals surface area contributed by atoms with Crippen LogP contribution in [0.3, 0.4) is 0 Å². The van der Waals surface area contributed by atoms with Gasteiger partial charge in [-0.05, 0) is 89.1 Å². The smallest absolute Gasteiger partial charge is 0.312 e. The molecule has 0 atom stereocenters. The number of carbonyl (C=O) groups is 1. The zero-order valence-corrected chi connectivity index (χ0v) is 21.9. The third kappa shape index (κ3) is 6.60. The van der Waals surface area contributed by atoms with Gasteiger partial charge in [0.15, 0.2) is 0 Å². The minimum atomic E-state index is -0.949. The van der Waals surface area contributed by atoms with Crippen molar-refractivity contribution in [2.75, 3.05) is 6.61 Å². The molecule has 0 saturated heterocycles. The first kappa shape index (κ1) is 26.7. The summed E-state index contributed by atoms with van der Waals surface area (Å²) >= 11 is 0. The molecule has 0 spiro atoms. The van der Waals surface area contributed by atoms with Crippen LogP contribution < -0.4 is 4.74 Å². The molecule has 0 aliphatic carbocycles. The number of allylic oxidation sites excluding steroid dienone is 6. The fourth-order valence-corrected chi connectivity index (χ4v) is 3.40. The summed E-state index contributed by atoms with van der Waals surface area (Å²) in [5.74, 6) is 0.495. The number of hydrogen-bond donors (Lipinski definition) is 2. The third-order valence-corrected chi connectivity index (χ3v) is 6.17. The predicted octanol–water partition coefficient (Wildman–Crippen LogP) is 7.33. The summed E-state index contributed by atoms with van der Waals surface area (Å²) in [6, 6.07) is 11.4. The molecule has 6 nitrogen and oxygen atoms in total. The van der Waals surface area contributed by atoms with E-state index in [2.05, 4.69) is 47.9 Å². The van der Waals surface area contributed by atoms with E-state index in [-0.39, 0.29) is 6.61 Å². The molecule has 0 unspecified atom stereocenters.